The van der Waals surface area contributed by atoms with Gasteiger partial charge in [-0.3, -0.25) is 4.79 Å². The van der Waals surface area contributed by atoms with Crippen LogP contribution in [0.2, 0.25) is 5.15 Å². The predicted octanol–water partition coefficient (Wildman–Crippen LogP) is 5.47. The van der Waals surface area contributed by atoms with E-state index in [1.54, 1.807) is 0 Å². The van der Waals surface area contributed by atoms with Gasteiger partial charge in [0.1, 0.15) is 5.69 Å². The van der Waals surface area contributed by atoms with E-state index in [4.69, 9.17) is 16.3 Å². The third-order valence-corrected chi connectivity index (χ3v) is 5.03. The third-order valence-electron chi connectivity index (χ3n) is 4.74. The molecule has 1 heterocycles. The Morgan fingerprint density at radius 3 is 2.54 bits per heavy atom. The zero-order valence-electron chi connectivity index (χ0n) is 15.0. The SMILES string of the molecule is O=C(Nc1ccc(C(F)(F)F)nc1Cl)C1CCCCC1OCc1ccccc1. The van der Waals surface area contributed by atoms with Gasteiger partial charge in [-0.15, -0.1) is 0 Å². The van der Waals surface area contributed by atoms with E-state index in [9.17, 15) is 18.0 Å². The zero-order valence-corrected chi connectivity index (χ0v) is 15.8. The number of benzene rings is 1. The number of carbonyl (C=O) groups excluding carboxylic acids is 1. The number of anilines is 1. The molecule has 2 unspecified atom stereocenters. The van der Waals surface area contributed by atoms with E-state index in [2.05, 4.69) is 10.3 Å². The number of nitrogens with zero attached hydrogens (tertiary/aromatic N) is 1. The van der Waals surface area contributed by atoms with Gasteiger partial charge in [0.05, 0.1) is 24.3 Å². The van der Waals surface area contributed by atoms with Crippen LogP contribution in [0.15, 0.2) is 42.5 Å². The first-order chi connectivity index (χ1) is 13.3. The summed E-state index contributed by atoms with van der Waals surface area (Å²) in [7, 11) is 0. The Bertz CT molecular complexity index is 815. The van der Waals surface area contributed by atoms with Gasteiger partial charge in [-0.25, -0.2) is 4.98 Å². The number of halogens is 4. The van der Waals surface area contributed by atoms with Crippen LogP contribution < -0.4 is 5.32 Å². The molecular weight excluding hydrogens is 393 g/mol. The van der Waals surface area contributed by atoms with Crippen molar-refractivity contribution < 1.29 is 22.7 Å². The first-order valence-corrected chi connectivity index (χ1v) is 9.42. The van der Waals surface area contributed by atoms with E-state index in [1.165, 1.54) is 0 Å². The van der Waals surface area contributed by atoms with Crippen molar-refractivity contribution in [3.05, 3.63) is 58.9 Å². The van der Waals surface area contributed by atoms with Crippen LogP contribution in [0.1, 0.15) is 36.9 Å². The molecule has 1 fully saturated rings. The average molecular weight is 413 g/mol. The number of aromatic nitrogens is 1. The molecule has 3 rings (SSSR count). The fraction of sp³-hybridized carbons (Fsp3) is 0.400. The van der Waals surface area contributed by atoms with Crippen molar-refractivity contribution in [3.63, 3.8) is 0 Å². The smallest absolute Gasteiger partial charge is 0.373 e. The van der Waals surface area contributed by atoms with E-state index >= 15 is 0 Å². The second kappa shape index (κ2) is 8.92. The van der Waals surface area contributed by atoms with E-state index < -0.39 is 17.8 Å². The van der Waals surface area contributed by atoms with Gasteiger partial charge in [0.15, 0.2) is 5.15 Å². The van der Waals surface area contributed by atoms with Gasteiger partial charge in [-0.05, 0) is 30.5 Å². The molecule has 4 nitrogen and oxygen atoms in total. The average Bonchev–Trinajstić information content (AvgIpc) is 2.68. The minimum atomic E-state index is -4.59. The lowest BCUT2D eigenvalue weighted by Gasteiger charge is -2.30. The molecule has 2 atom stereocenters. The van der Waals surface area contributed by atoms with Crippen LogP contribution in [0.25, 0.3) is 0 Å². The summed E-state index contributed by atoms with van der Waals surface area (Å²) in [5.74, 6) is -0.711. The van der Waals surface area contributed by atoms with Crippen molar-refractivity contribution >= 4 is 23.2 Å². The molecule has 2 aromatic rings. The molecule has 1 aliphatic carbocycles. The van der Waals surface area contributed by atoms with Crippen molar-refractivity contribution in [3.8, 4) is 0 Å². The zero-order chi connectivity index (χ0) is 20.1. The second-order valence-corrected chi connectivity index (χ2v) is 7.11. The molecule has 8 heteroatoms. The van der Waals surface area contributed by atoms with Gasteiger partial charge in [0.2, 0.25) is 5.91 Å². The summed E-state index contributed by atoms with van der Waals surface area (Å²) >= 11 is 5.84. The molecule has 1 saturated carbocycles. The molecule has 0 saturated heterocycles. The van der Waals surface area contributed by atoms with E-state index in [-0.39, 0.29) is 22.9 Å². The first kappa shape index (κ1) is 20.6. The largest absolute Gasteiger partial charge is 0.433 e. The van der Waals surface area contributed by atoms with Crippen LogP contribution in [0.5, 0.6) is 0 Å². The number of carbonyl (C=O) groups is 1. The summed E-state index contributed by atoms with van der Waals surface area (Å²) in [4.78, 5) is 16.1. The lowest BCUT2D eigenvalue weighted by atomic mass is 9.85. The van der Waals surface area contributed by atoms with Crippen molar-refractivity contribution in [2.45, 2.75) is 44.6 Å². The molecule has 150 valence electrons. The van der Waals surface area contributed by atoms with Gasteiger partial charge < -0.3 is 10.1 Å². The molecule has 1 aliphatic rings. The number of rotatable bonds is 5. The number of hydrogen-bond donors (Lipinski definition) is 1. The Labute approximate surface area is 166 Å². The molecule has 1 aromatic carbocycles. The molecule has 1 amide bonds. The topological polar surface area (TPSA) is 51.2 Å². The standard InChI is InChI=1S/C20H20ClF3N2O2/c21-18-15(10-11-17(26-18)20(22,23)24)25-19(27)14-8-4-5-9-16(14)28-12-13-6-2-1-3-7-13/h1-3,6-7,10-11,14,16H,4-5,8-9,12H2,(H,25,27). The summed E-state index contributed by atoms with van der Waals surface area (Å²) in [6.45, 7) is 0.401. The fourth-order valence-electron chi connectivity index (χ4n) is 3.28. The molecule has 0 aliphatic heterocycles. The van der Waals surface area contributed by atoms with Crippen LogP contribution in [0.4, 0.5) is 18.9 Å². The Balaban J connectivity index is 1.66. The highest BCUT2D eigenvalue weighted by Gasteiger charge is 2.34. The number of amides is 1. The molecule has 1 N–H and O–H groups in total. The third kappa shape index (κ3) is 5.23. The van der Waals surface area contributed by atoms with Gasteiger partial charge in [-0.1, -0.05) is 54.8 Å². The van der Waals surface area contributed by atoms with Crippen molar-refractivity contribution in [1.29, 1.82) is 0 Å². The molecule has 28 heavy (non-hydrogen) atoms. The minimum Gasteiger partial charge on any atom is -0.373 e. The van der Waals surface area contributed by atoms with Crippen LogP contribution in [-0.4, -0.2) is 17.0 Å². The summed E-state index contributed by atoms with van der Waals surface area (Å²) in [5.41, 5.74) is -0.0218. The maximum atomic E-state index is 12.7. The van der Waals surface area contributed by atoms with Crippen LogP contribution in [-0.2, 0) is 22.3 Å². The van der Waals surface area contributed by atoms with Crippen LogP contribution in [0.3, 0.4) is 0 Å². The van der Waals surface area contributed by atoms with E-state index in [1.807, 2.05) is 30.3 Å². The monoisotopic (exact) mass is 412 g/mol. The number of alkyl halides is 3. The highest BCUT2D eigenvalue weighted by atomic mass is 35.5. The second-order valence-electron chi connectivity index (χ2n) is 6.75. The molecule has 1 aromatic heterocycles. The van der Waals surface area contributed by atoms with Crippen molar-refractivity contribution in [1.82, 2.24) is 4.98 Å². The Hall–Kier alpha value is -2.12. The fourth-order valence-corrected chi connectivity index (χ4v) is 3.49. The number of ether oxygens (including phenoxy) is 1. The van der Waals surface area contributed by atoms with Gasteiger partial charge in [-0.2, -0.15) is 13.2 Å². The Kier molecular flexibility index (Phi) is 6.57. The minimum absolute atomic E-state index is 0.0621. The summed E-state index contributed by atoms with van der Waals surface area (Å²) in [6.07, 6.45) is -1.59. The Morgan fingerprint density at radius 1 is 1.14 bits per heavy atom. The lowest BCUT2D eigenvalue weighted by Crippen LogP contribution is -2.37. The highest BCUT2D eigenvalue weighted by Crippen LogP contribution is 2.32. The number of hydrogen-bond acceptors (Lipinski definition) is 3. The number of nitrogens with one attached hydrogen (secondary N) is 1. The molecule has 0 spiro atoms. The van der Waals surface area contributed by atoms with E-state index in [0.717, 1.165) is 37.0 Å². The van der Waals surface area contributed by atoms with Crippen LogP contribution >= 0.6 is 11.6 Å². The van der Waals surface area contributed by atoms with Crippen molar-refractivity contribution in [2.75, 3.05) is 5.32 Å². The number of pyridine rings is 1. The summed E-state index contributed by atoms with van der Waals surface area (Å²) < 4.78 is 44.1. The summed E-state index contributed by atoms with van der Waals surface area (Å²) in [6, 6.07) is 11.6. The van der Waals surface area contributed by atoms with Crippen molar-refractivity contribution in [2.24, 2.45) is 5.92 Å². The van der Waals surface area contributed by atoms with Gasteiger partial charge in [0, 0.05) is 0 Å². The maximum absolute atomic E-state index is 12.7. The van der Waals surface area contributed by atoms with Gasteiger partial charge >= 0.3 is 6.18 Å². The Morgan fingerprint density at radius 2 is 1.86 bits per heavy atom. The summed E-state index contributed by atoms with van der Waals surface area (Å²) in [5, 5.41) is 2.22. The lowest BCUT2D eigenvalue weighted by molar-refractivity contribution is -0.141. The highest BCUT2D eigenvalue weighted by molar-refractivity contribution is 6.32. The first-order valence-electron chi connectivity index (χ1n) is 9.05. The molecule has 0 bridgehead atoms. The van der Waals surface area contributed by atoms with Gasteiger partial charge in [0.25, 0.3) is 0 Å². The quantitative estimate of drug-likeness (QED) is 0.663. The van der Waals surface area contributed by atoms with Crippen LogP contribution in [0, 0.1) is 5.92 Å². The predicted molar refractivity (Wildman–Crippen MR) is 99.9 cm³/mol. The maximum Gasteiger partial charge on any atom is 0.433 e. The normalized spacial score (nSPS) is 20.0. The van der Waals surface area contributed by atoms with E-state index in [0.29, 0.717) is 13.0 Å². The molecular formula is C20H20ClF3N2O2. The molecule has 0 radical (unpaired) electrons.